The van der Waals surface area contributed by atoms with Crippen molar-refractivity contribution in [3.63, 3.8) is 0 Å². The number of carbonyl (C=O) groups is 1. The normalized spacial score (nSPS) is 22.0. The number of aliphatic hydroxyl groups is 1. The highest BCUT2D eigenvalue weighted by molar-refractivity contribution is 6.32. The van der Waals surface area contributed by atoms with E-state index in [-0.39, 0.29) is 24.6 Å². The van der Waals surface area contributed by atoms with Gasteiger partial charge < -0.3 is 20.1 Å². The van der Waals surface area contributed by atoms with E-state index in [4.69, 9.17) is 16.3 Å². The standard InChI is InChI=1S/C15H21ClN2O3/c1-10-5-4-8-18(13(10)9-19)15(20)17-12-7-3-6-11(16)14(12)21-2/h3,6-7,10,13,19H,4-5,8-9H2,1-2H3,(H,17,20)/t10-,13-/m0/s1. The molecule has 0 bridgehead atoms. The molecular weight excluding hydrogens is 292 g/mol. The number of rotatable bonds is 3. The molecule has 6 heteroatoms. The third kappa shape index (κ3) is 3.41. The van der Waals surface area contributed by atoms with E-state index in [1.54, 1.807) is 23.1 Å². The molecular formula is C15H21ClN2O3. The molecule has 116 valence electrons. The van der Waals surface area contributed by atoms with Crippen molar-refractivity contribution in [1.82, 2.24) is 4.90 Å². The number of urea groups is 1. The van der Waals surface area contributed by atoms with Gasteiger partial charge in [-0.2, -0.15) is 0 Å². The molecule has 0 aromatic heterocycles. The number of hydrogen-bond donors (Lipinski definition) is 2. The number of anilines is 1. The lowest BCUT2D eigenvalue weighted by Gasteiger charge is -2.38. The summed E-state index contributed by atoms with van der Waals surface area (Å²) in [5, 5.41) is 12.8. The van der Waals surface area contributed by atoms with Crippen LogP contribution in [0.4, 0.5) is 10.5 Å². The number of para-hydroxylation sites is 1. The number of likely N-dealkylation sites (tertiary alicyclic amines) is 1. The summed E-state index contributed by atoms with van der Waals surface area (Å²) >= 11 is 6.05. The molecule has 2 N–H and O–H groups in total. The number of aliphatic hydroxyl groups excluding tert-OH is 1. The van der Waals surface area contributed by atoms with Crippen molar-refractivity contribution in [2.24, 2.45) is 5.92 Å². The topological polar surface area (TPSA) is 61.8 Å². The van der Waals surface area contributed by atoms with E-state index >= 15 is 0 Å². The van der Waals surface area contributed by atoms with Gasteiger partial charge in [0.15, 0.2) is 5.75 Å². The minimum absolute atomic E-state index is 0.0265. The van der Waals surface area contributed by atoms with E-state index in [9.17, 15) is 9.90 Å². The van der Waals surface area contributed by atoms with E-state index in [1.807, 2.05) is 0 Å². The summed E-state index contributed by atoms with van der Waals surface area (Å²) in [7, 11) is 1.51. The second-order valence-electron chi connectivity index (χ2n) is 5.31. The minimum atomic E-state index is -0.235. The Balaban J connectivity index is 2.16. The van der Waals surface area contributed by atoms with Crippen LogP contribution >= 0.6 is 11.6 Å². The number of piperidine rings is 1. The third-order valence-electron chi connectivity index (χ3n) is 3.98. The highest BCUT2D eigenvalue weighted by Crippen LogP contribution is 2.33. The van der Waals surface area contributed by atoms with Gasteiger partial charge in [-0.3, -0.25) is 0 Å². The quantitative estimate of drug-likeness (QED) is 0.902. The number of hydrogen-bond acceptors (Lipinski definition) is 3. The Morgan fingerprint density at radius 2 is 2.33 bits per heavy atom. The first-order valence-corrected chi connectivity index (χ1v) is 7.47. The van der Waals surface area contributed by atoms with Gasteiger partial charge in [-0.25, -0.2) is 4.79 Å². The molecule has 0 aliphatic carbocycles. The zero-order valence-electron chi connectivity index (χ0n) is 12.3. The molecule has 1 fully saturated rings. The Bertz CT molecular complexity index is 510. The van der Waals surface area contributed by atoms with Crippen LogP contribution in [0, 0.1) is 5.92 Å². The van der Waals surface area contributed by atoms with E-state index in [2.05, 4.69) is 12.2 Å². The van der Waals surface area contributed by atoms with Crippen LogP contribution in [0.3, 0.4) is 0 Å². The summed E-state index contributed by atoms with van der Waals surface area (Å²) in [4.78, 5) is 14.2. The zero-order chi connectivity index (χ0) is 15.4. The van der Waals surface area contributed by atoms with Crippen molar-refractivity contribution in [3.8, 4) is 5.75 Å². The minimum Gasteiger partial charge on any atom is -0.493 e. The maximum absolute atomic E-state index is 12.5. The van der Waals surface area contributed by atoms with Crippen LogP contribution in [0.1, 0.15) is 19.8 Å². The summed E-state index contributed by atoms with van der Waals surface area (Å²) in [6, 6.07) is 4.81. The van der Waals surface area contributed by atoms with Crippen LogP contribution < -0.4 is 10.1 Å². The van der Waals surface area contributed by atoms with Gasteiger partial charge >= 0.3 is 6.03 Å². The molecule has 1 aliphatic rings. The van der Waals surface area contributed by atoms with Gasteiger partial charge in [0, 0.05) is 6.54 Å². The predicted octanol–water partition coefficient (Wildman–Crippen LogP) is 2.97. The van der Waals surface area contributed by atoms with Gasteiger partial charge in [0.1, 0.15) is 0 Å². The second-order valence-corrected chi connectivity index (χ2v) is 5.72. The van der Waals surface area contributed by atoms with Crippen LogP contribution in [0.5, 0.6) is 5.75 Å². The number of carbonyl (C=O) groups excluding carboxylic acids is 1. The number of nitrogens with one attached hydrogen (secondary N) is 1. The maximum atomic E-state index is 12.5. The Kier molecular flexibility index (Phi) is 5.31. The molecule has 1 saturated heterocycles. The first kappa shape index (κ1) is 15.9. The Labute approximate surface area is 129 Å². The molecule has 1 heterocycles. The third-order valence-corrected chi connectivity index (χ3v) is 4.27. The van der Waals surface area contributed by atoms with Crippen LogP contribution in [0.2, 0.25) is 5.02 Å². The van der Waals surface area contributed by atoms with E-state index in [1.165, 1.54) is 7.11 Å². The summed E-state index contributed by atoms with van der Waals surface area (Å²) in [6.45, 7) is 2.67. The first-order valence-electron chi connectivity index (χ1n) is 7.09. The highest BCUT2D eigenvalue weighted by Gasteiger charge is 2.31. The van der Waals surface area contributed by atoms with Gasteiger partial charge in [0.05, 0.1) is 30.5 Å². The fourth-order valence-electron chi connectivity index (χ4n) is 2.78. The molecule has 0 unspecified atom stereocenters. The molecule has 0 spiro atoms. The summed E-state index contributed by atoms with van der Waals surface area (Å²) in [6.07, 6.45) is 1.97. The molecule has 1 aromatic carbocycles. The van der Waals surface area contributed by atoms with Crippen LogP contribution in [0.25, 0.3) is 0 Å². The van der Waals surface area contributed by atoms with Crippen molar-refractivity contribution < 1.29 is 14.6 Å². The van der Waals surface area contributed by atoms with Crippen LogP contribution in [-0.2, 0) is 0 Å². The lowest BCUT2D eigenvalue weighted by atomic mass is 9.91. The number of benzene rings is 1. The lowest BCUT2D eigenvalue weighted by Crippen LogP contribution is -2.51. The SMILES string of the molecule is COc1c(Cl)cccc1NC(=O)N1CCC[C@H](C)[C@@H]1CO. The summed E-state index contributed by atoms with van der Waals surface area (Å²) < 4.78 is 5.22. The Morgan fingerprint density at radius 3 is 3.00 bits per heavy atom. The van der Waals surface area contributed by atoms with Crippen molar-refractivity contribution >= 4 is 23.3 Å². The zero-order valence-corrected chi connectivity index (χ0v) is 13.1. The number of methoxy groups -OCH3 is 1. The largest absolute Gasteiger partial charge is 0.493 e. The fourth-order valence-corrected chi connectivity index (χ4v) is 3.03. The molecule has 2 rings (SSSR count). The van der Waals surface area contributed by atoms with Crippen molar-refractivity contribution in [3.05, 3.63) is 23.2 Å². The fraction of sp³-hybridized carbons (Fsp3) is 0.533. The summed E-state index contributed by atoms with van der Waals surface area (Å²) in [5.41, 5.74) is 0.532. The van der Waals surface area contributed by atoms with Crippen LogP contribution in [0.15, 0.2) is 18.2 Å². The molecule has 5 nitrogen and oxygen atoms in total. The average molecular weight is 313 g/mol. The van der Waals surface area contributed by atoms with Crippen molar-refractivity contribution in [1.29, 1.82) is 0 Å². The monoisotopic (exact) mass is 312 g/mol. The van der Waals surface area contributed by atoms with Gasteiger partial charge in [-0.1, -0.05) is 24.6 Å². The predicted molar refractivity (Wildman–Crippen MR) is 83.0 cm³/mol. The number of halogens is 1. The number of amides is 2. The second kappa shape index (κ2) is 7.00. The first-order chi connectivity index (χ1) is 10.1. The van der Waals surface area contributed by atoms with Crippen LogP contribution in [-0.4, -0.2) is 42.3 Å². The Hall–Kier alpha value is -1.46. The smallest absolute Gasteiger partial charge is 0.322 e. The van der Waals surface area contributed by atoms with Crippen molar-refractivity contribution in [2.45, 2.75) is 25.8 Å². The molecule has 0 saturated carbocycles. The molecule has 1 aromatic rings. The average Bonchev–Trinajstić information content (AvgIpc) is 2.47. The van der Waals surface area contributed by atoms with Gasteiger partial charge in [-0.05, 0) is 30.9 Å². The Morgan fingerprint density at radius 1 is 1.57 bits per heavy atom. The maximum Gasteiger partial charge on any atom is 0.322 e. The molecule has 21 heavy (non-hydrogen) atoms. The molecule has 2 amide bonds. The lowest BCUT2D eigenvalue weighted by molar-refractivity contribution is 0.0811. The van der Waals surface area contributed by atoms with E-state index < -0.39 is 0 Å². The van der Waals surface area contributed by atoms with Gasteiger partial charge in [0.2, 0.25) is 0 Å². The van der Waals surface area contributed by atoms with E-state index in [0.29, 0.717) is 23.0 Å². The summed E-state index contributed by atoms with van der Waals surface area (Å²) in [5.74, 6) is 0.730. The molecule has 1 aliphatic heterocycles. The number of nitrogens with zero attached hydrogens (tertiary/aromatic N) is 1. The van der Waals surface area contributed by atoms with Gasteiger partial charge in [-0.15, -0.1) is 0 Å². The number of ether oxygens (including phenoxy) is 1. The molecule has 0 radical (unpaired) electrons. The van der Waals surface area contributed by atoms with Crippen molar-refractivity contribution in [2.75, 3.05) is 25.6 Å². The van der Waals surface area contributed by atoms with Gasteiger partial charge in [0.25, 0.3) is 0 Å². The van der Waals surface area contributed by atoms with E-state index in [0.717, 1.165) is 12.8 Å². The highest BCUT2D eigenvalue weighted by atomic mass is 35.5. The molecule has 2 atom stereocenters.